The van der Waals surface area contributed by atoms with Gasteiger partial charge in [0, 0.05) is 19.4 Å². The van der Waals surface area contributed by atoms with Gasteiger partial charge in [-0.15, -0.1) is 0 Å². The number of hydrogen-bond donors (Lipinski definition) is 0. The first-order chi connectivity index (χ1) is 6.48. The van der Waals surface area contributed by atoms with E-state index >= 15 is 0 Å². The molecule has 0 aromatic heterocycles. The van der Waals surface area contributed by atoms with Crippen molar-refractivity contribution in [2.75, 3.05) is 0 Å². The first kappa shape index (κ1) is 12.4. The number of aromatic carboxylic acids is 1. The molecule has 0 saturated heterocycles. The molecule has 0 N–H and O–H groups in total. The van der Waals surface area contributed by atoms with Crippen molar-refractivity contribution in [3.8, 4) is 11.5 Å². The van der Waals surface area contributed by atoms with Crippen LogP contribution >= 0.6 is 0 Å². The molecule has 0 radical (unpaired) electrons. The van der Waals surface area contributed by atoms with Crippen LogP contribution in [0, 0.1) is 0 Å². The summed E-state index contributed by atoms with van der Waals surface area (Å²) in [6.45, 7) is 3.51. The van der Waals surface area contributed by atoms with E-state index < -0.39 is 11.8 Å². The Labute approximate surface area is 109 Å². The van der Waals surface area contributed by atoms with Gasteiger partial charge in [-0.2, -0.15) is 0 Å². The Morgan fingerprint density at radius 1 is 1.27 bits per heavy atom. The second-order valence-electron chi connectivity index (χ2n) is 3.55. The molecule has 0 amide bonds. The molecule has 0 spiro atoms. The molecular formula is C10H9NaO4. The minimum Gasteiger partial charge on any atom is -0.545 e. The van der Waals surface area contributed by atoms with Gasteiger partial charge in [-0.3, -0.25) is 0 Å². The molecule has 2 rings (SSSR count). The molecule has 1 heterocycles. The normalized spacial score (nSPS) is 15.6. The number of benzene rings is 1. The Morgan fingerprint density at radius 2 is 1.87 bits per heavy atom. The molecule has 0 fully saturated rings. The molecular weight excluding hydrogens is 207 g/mol. The fourth-order valence-corrected chi connectivity index (χ4v) is 1.35. The van der Waals surface area contributed by atoms with E-state index in [1.807, 2.05) is 0 Å². The summed E-state index contributed by atoms with van der Waals surface area (Å²) in [5.74, 6) is -0.954. The number of rotatable bonds is 1. The van der Waals surface area contributed by atoms with Gasteiger partial charge < -0.3 is 19.4 Å². The summed E-state index contributed by atoms with van der Waals surface area (Å²) in [5.41, 5.74) is 0.0880. The van der Waals surface area contributed by atoms with Crippen LogP contribution in [0.25, 0.3) is 0 Å². The van der Waals surface area contributed by atoms with Crippen LogP contribution in [0.5, 0.6) is 11.5 Å². The Hall–Kier alpha value is -0.710. The Balaban J connectivity index is 0.00000112. The topological polar surface area (TPSA) is 58.6 Å². The van der Waals surface area contributed by atoms with Crippen molar-refractivity contribution < 1.29 is 48.9 Å². The van der Waals surface area contributed by atoms with Crippen molar-refractivity contribution >= 4 is 5.97 Å². The second kappa shape index (κ2) is 4.04. The molecule has 4 nitrogen and oxygen atoms in total. The fraction of sp³-hybridized carbons (Fsp3) is 0.300. The molecule has 0 unspecified atom stereocenters. The summed E-state index contributed by atoms with van der Waals surface area (Å²) < 4.78 is 10.8. The summed E-state index contributed by atoms with van der Waals surface area (Å²) in [6.07, 6.45) is 0. The Kier molecular flexibility index (Phi) is 3.33. The maximum Gasteiger partial charge on any atom is 1.00 e. The number of hydrogen-bond acceptors (Lipinski definition) is 4. The van der Waals surface area contributed by atoms with E-state index in [0.29, 0.717) is 11.5 Å². The van der Waals surface area contributed by atoms with Crippen LogP contribution in [0.2, 0.25) is 0 Å². The van der Waals surface area contributed by atoms with Crippen LogP contribution < -0.4 is 44.1 Å². The van der Waals surface area contributed by atoms with E-state index in [0.717, 1.165) is 0 Å². The first-order valence-electron chi connectivity index (χ1n) is 4.21. The van der Waals surface area contributed by atoms with Crippen LogP contribution in [-0.4, -0.2) is 11.8 Å². The Bertz CT molecular complexity index is 400. The van der Waals surface area contributed by atoms with E-state index in [4.69, 9.17) is 9.47 Å². The number of ether oxygens (including phenoxy) is 2. The van der Waals surface area contributed by atoms with E-state index in [9.17, 15) is 9.90 Å². The standard InChI is InChI=1S/C10H10O4.Na/c1-10(2)13-7-4-3-6(9(11)12)5-8(7)14-10;/h3-5H,1-2H3,(H,11,12);/q;+1/p-1. The maximum absolute atomic E-state index is 10.6. The zero-order chi connectivity index (χ0) is 10.3. The van der Waals surface area contributed by atoms with Crippen molar-refractivity contribution in [2.24, 2.45) is 0 Å². The summed E-state index contributed by atoms with van der Waals surface area (Å²) in [7, 11) is 0. The first-order valence-corrected chi connectivity index (χ1v) is 4.21. The minimum absolute atomic E-state index is 0. The zero-order valence-corrected chi connectivity index (χ0v) is 10.9. The van der Waals surface area contributed by atoms with Crippen LogP contribution in [-0.2, 0) is 0 Å². The van der Waals surface area contributed by atoms with Gasteiger partial charge in [0.2, 0.25) is 5.79 Å². The summed E-state index contributed by atoms with van der Waals surface area (Å²) >= 11 is 0. The third-order valence-corrected chi connectivity index (χ3v) is 1.89. The van der Waals surface area contributed by atoms with E-state index in [-0.39, 0.29) is 35.1 Å². The average molecular weight is 216 g/mol. The van der Waals surface area contributed by atoms with E-state index in [2.05, 4.69) is 0 Å². The van der Waals surface area contributed by atoms with Gasteiger partial charge in [-0.1, -0.05) is 0 Å². The Morgan fingerprint density at radius 3 is 2.47 bits per heavy atom. The van der Waals surface area contributed by atoms with Crippen LogP contribution in [0.15, 0.2) is 18.2 Å². The van der Waals surface area contributed by atoms with Crippen molar-refractivity contribution in [3.63, 3.8) is 0 Å². The van der Waals surface area contributed by atoms with Crippen molar-refractivity contribution in [2.45, 2.75) is 19.6 Å². The van der Waals surface area contributed by atoms with Gasteiger partial charge in [0.1, 0.15) is 0 Å². The number of carboxylic acids is 1. The number of carbonyl (C=O) groups is 1. The number of fused-ring (bicyclic) bond motifs is 1. The summed E-state index contributed by atoms with van der Waals surface area (Å²) in [5, 5.41) is 10.6. The molecule has 0 saturated carbocycles. The summed E-state index contributed by atoms with van der Waals surface area (Å²) in [6, 6.07) is 4.40. The fourth-order valence-electron chi connectivity index (χ4n) is 1.35. The predicted octanol–water partition coefficient (Wildman–Crippen LogP) is -2.44. The molecule has 1 aliphatic rings. The van der Waals surface area contributed by atoms with Gasteiger partial charge >= 0.3 is 29.6 Å². The van der Waals surface area contributed by atoms with Gasteiger partial charge in [-0.25, -0.2) is 0 Å². The van der Waals surface area contributed by atoms with Gasteiger partial charge in [0.15, 0.2) is 11.5 Å². The number of carboxylic acid groups (broad SMARTS) is 1. The quantitative estimate of drug-likeness (QED) is 0.489. The van der Waals surface area contributed by atoms with E-state index in [1.54, 1.807) is 19.9 Å². The summed E-state index contributed by atoms with van der Waals surface area (Å²) in [4.78, 5) is 10.6. The molecule has 1 aliphatic heterocycles. The largest absolute Gasteiger partial charge is 1.00 e. The monoisotopic (exact) mass is 216 g/mol. The zero-order valence-electron chi connectivity index (χ0n) is 8.87. The number of carbonyl (C=O) groups excluding carboxylic acids is 1. The van der Waals surface area contributed by atoms with Crippen molar-refractivity contribution in [3.05, 3.63) is 23.8 Å². The molecule has 74 valence electrons. The predicted molar refractivity (Wildman–Crippen MR) is 46.1 cm³/mol. The molecule has 15 heavy (non-hydrogen) atoms. The second-order valence-corrected chi connectivity index (χ2v) is 3.55. The minimum atomic E-state index is -1.22. The van der Waals surface area contributed by atoms with Gasteiger partial charge in [0.25, 0.3) is 0 Å². The molecule has 0 bridgehead atoms. The van der Waals surface area contributed by atoms with Gasteiger partial charge in [0.05, 0.1) is 5.97 Å². The van der Waals surface area contributed by atoms with Crippen LogP contribution in [0.1, 0.15) is 24.2 Å². The molecule has 0 atom stereocenters. The SMILES string of the molecule is CC1(C)Oc2ccc(C(=O)[O-])cc2O1.[Na+]. The van der Waals surface area contributed by atoms with Crippen LogP contribution in [0.4, 0.5) is 0 Å². The third kappa shape index (κ3) is 2.45. The molecule has 1 aromatic carbocycles. The van der Waals surface area contributed by atoms with E-state index in [1.165, 1.54) is 12.1 Å². The molecule has 1 aromatic rings. The van der Waals surface area contributed by atoms with Gasteiger partial charge in [-0.05, 0) is 18.2 Å². The van der Waals surface area contributed by atoms with Crippen molar-refractivity contribution in [1.29, 1.82) is 0 Å². The molecule has 0 aliphatic carbocycles. The van der Waals surface area contributed by atoms with Crippen molar-refractivity contribution in [1.82, 2.24) is 0 Å². The maximum atomic E-state index is 10.6. The third-order valence-electron chi connectivity index (χ3n) is 1.89. The average Bonchev–Trinajstić information content (AvgIpc) is 2.36. The smallest absolute Gasteiger partial charge is 0.545 e. The molecule has 5 heteroatoms. The van der Waals surface area contributed by atoms with Crippen LogP contribution in [0.3, 0.4) is 0 Å².